The molecule has 0 aromatic rings. The fraction of sp³-hybridized carbons (Fsp3) is 0.947. The van der Waals surface area contributed by atoms with E-state index in [1.165, 1.54) is 7.11 Å². The summed E-state index contributed by atoms with van der Waals surface area (Å²) in [5.41, 5.74) is -1.61. The van der Waals surface area contributed by atoms with Crippen molar-refractivity contribution >= 4 is 30.2 Å². The van der Waals surface area contributed by atoms with Crippen LogP contribution in [0.5, 0.6) is 0 Å². The first-order valence-electron chi connectivity index (χ1n) is 9.70. The topological polar surface area (TPSA) is 65.0 Å². The van der Waals surface area contributed by atoms with Crippen LogP contribution in [0.1, 0.15) is 33.6 Å². The third-order valence-electron chi connectivity index (χ3n) is 7.98. The Hall–Kier alpha value is 0.0469. The van der Waals surface area contributed by atoms with E-state index in [0.717, 1.165) is 6.42 Å². The zero-order chi connectivity index (χ0) is 19.2. The fourth-order valence-electron chi connectivity index (χ4n) is 5.80. The molecule has 0 aromatic carbocycles. The van der Waals surface area contributed by atoms with Gasteiger partial charge in [0.05, 0.1) is 19.3 Å². The summed E-state index contributed by atoms with van der Waals surface area (Å²) in [4.78, 5) is 12.8. The molecule has 2 unspecified atom stereocenters. The Morgan fingerprint density at radius 1 is 1.27 bits per heavy atom. The summed E-state index contributed by atoms with van der Waals surface area (Å²) in [6.07, 6.45) is 0.865. The number of fused-ring (bicyclic) bond motifs is 2. The van der Waals surface area contributed by atoms with Crippen molar-refractivity contribution in [2.45, 2.75) is 80.5 Å². The van der Waals surface area contributed by atoms with Crippen molar-refractivity contribution in [2.24, 2.45) is 23.7 Å². The van der Waals surface area contributed by atoms with Crippen LogP contribution in [-0.4, -0.2) is 55.2 Å². The molecule has 4 rings (SSSR count). The Kier molecular flexibility index (Phi) is 4.31. The van der Waals surface area contributed by atoms with E-state index >= 15 is 0 Å². The molecule has 3 aliphatic carbocycles. The monoisotopic (exact) mass is 446 g/mol. The van der Waals surface area contributed by atoms with Crippen LogP contribution < -0.4 is 0 Å². The van der Waals surface area contributed by atoms with E-state index in [9.17, 15) is 9.90 Å². The first kappa shape index (κ1) is 19.4. The summed E-state index contributed by atoms with van der Waals surface area (Å²) in [5.74, 6) is 0.845. The van der Waals surface area contributed by atoms with E-state index in [1.807, 2.05) is 0 Å². The highest BCUT2D eigenvalue weighted by Gasteiger charge is 2.74. The van der Waals surface area contributed by atoms with Crippen molar-refractivity contribution in [3.8, 4) is 0 Å². The van der Waals surface area contributed by atoms with Crippen molar-refractivity contribution in [3.63, 3.8) is 0 Å². The average molecular weight is 447 g/mol. The van der Waals surface area contributed by atoms with Gasteiger partial charge in [0.15, 0.2) is 13.9 Å². The maximum Gasteiger partial charge on any atom is 0.340 e. The number of hydrogen-bond acceptors (Lipinski definition) is 5. The minimum Gasteiger partial charge on any atom is -0.467 e. The second-order valence-electron chi connectivity index (χ2n) is 10.2. The molecular formula is C19H31BrO5Si. The number of ether oxygens (including phenoxy) is 2. The number of halogens is 1. The quantitative estimate of drug-likeness (QED) is 0.409. The van der Waals surface area contributed by atoms with Gasteiger partial charge < -0.3 is 19.0 Å². The van der Waals surface area contributed by atoms with Gasteiger partial charge in [-0.15, -0.1) is 0 Å². The molecule has 4 fully saturated rings. The minimum atomic E-state index is -2.04. The van der Waals surface area contributed by atoms with Gasteiger partial charge in [-0.25, -0.2) is 4.79 Å². The van der Waals surface area contributed by atoms with Crippen LogP contribution >= 0.6 is 15.9 Å². The van der Waals surface area contributed by atoms with Gasteiger partial charge in [0.25, 0.3) is 0 Å². The Balaban J connectivity index is 1.72. The van der Waals surface area contributed by atoms with Gasteiger partial charge in [0, 0.05) is 11.2 Å². The summed E-state index contributed by atoms with van der Waals surface area (Å²) in [7, 11) is -0.699. The first-order chi connectivity index (χ1) is 11.9. The van der Waals surface area contributed by atoms with Gasteiger partial charge in [-0.2, -0.15) is 0 Å². The van der Waals surface area contributed by atoms with Crippen LogP contribution in [-0.2, 0) is 18.7 Å². The lowest BCUT2D eigenvalue weighted by molar-refractivity contribution is -0.199. The third-order valence-corrected chi connectivity index (χ3v) is 13.7. The molecule has 0 radical (unpaired) electrons. The lowest BCUT2D eigenvalue weighted by Crippen LogP contribution is -2.63. The largest absolute Gasteiger partial charge is 0.467 e. The molecule has 0 aromatic heterocycles. The number of carbonyl (C=O) groups excluding carboxylic acids is 1. The van der Waals surface area contributed by atoms with Crippen LogP contribution in [0.15, 0.2) is 0 Å². The zero-order valence-corrected chi connectivity index (χ0v) is 19.1. The van der Waals surface area contributed by atoms with E-state index in [2.05, 4.69) is 49.8 Å². The molecule has 2 bridgehead atoms. The number of esters is 1. The smallest absolute Gasteiger partial charge is 0.340 e. The van der Waals surface area contributed by atoms with Crippen LogP contribution in [0.3, 0.4) is 0 Å². The Labute approximate surface area is 165 Å². The maximum absolute atomic E-state index is 12.6. The predicted molar refractivity (Wildman–Crippen MR) is 104 cm³/mol. The molecule has 1 saturated heterocycles. The number of aliphatic hydroxyl groups is 1. The molecular weight excluding hydrogens is 416 g/mol. The maximum atomic E-state index is 12.6. The number of carbonyl (C=O) groups is 1. The lowest BCUT2D eigenvalue weighted by Gasteiger charge is -2.50. The summed E-state index contributed by atoms with van der Waals surface area (Å²) < 4.78 is 18.1. The first-order valence-corrected chi connectivity index (χ1v) is 13.5. The third kappa shape index (κ3) is 2.39. The molecule has 1 aliphatic heterocycles. The number of hydrogen-bond donors (Lipinski definition) is 1. The molecule has 5 nitrogen and oxygen atoms in total. The molecule has 4 aliphatic rings. The molecule has 0 amide bonds. The zero-order valence-electron chi connectivity index (χ0n) is 16.5. The van der Waals surface area contributed by atoms with E-state index in [4.69, 9.17) is 13.9 Å². The van der Waals surface area contributed by atoms with Crippen LogP contribution in [0, 0.1) is 23.7 Å². The minimum absolute atomic E-state index is 0.0767. The van der Waals surface area contributed by atoms with Crippen LogP contribution in [0.4, 0.5) is 0 Å². The standard InChI is InChI=1S/C19H31BrO5Si/c1-18(2,3)26(5,6)25-11-8-19(22,17(21)23-4)16-13-10-7-9(12(11)13)14(20)15(10)24-16/h9-16,22H,7-8H2,1-6H3/t9-,10+,11+,12?,13?,14-,15+,16+,19+/m1/s1. The highest BCUT2D eigenvalue weighted by Crippen LogP contribution is 2.67. The van der Waals surface area contributed by atoms with E-state index in [0.29, 0.717) is 17.8 Å². The highest BCUT2D eigenvalue weighted by atomic mass is 79.9. The normalized spacial score (nSPS) is 49.5. The predicted octanol–water partition coefficient (Wildman–Crippen LogP) is 3.10. The van der Waals surface area contributed by atoms with Crippen molar-refractivity contribution in [1.82, 2.24) is 0 Å². The number of rotatable bonds is 3. The molecule has 9 atom stereocenters. The van der Waals surface area contributed by atoms with Crippen molar-refractivity contribution in [3.05, 3.63) is 0 Å². The van der Waals surface area contributed by atoms with Gasteiger partial charge in [-0.1, -0.05) is 36.7 Å². The number of alkyl halides is 1. The summed E-state index contributed by atoms with van der Waals surface area (Å²) in [6, 6.07) is 0. The molecule has 7 heteroatoms. The van der Waals surface area contributed by atoms with Gasteiger partial charge in [0.2, 0.25) is 0 Å². The molecule has 0 spiro atoms. The van der Waals surface area contributed by atoms with Crippen molar-refractivity contribution in [1.29, 1.82) is 0 Å². The Morgan fingerprint density at radius 3 is 2.50 bits per heavy atom. The molecule has 3 saturated carbocycles. The molecule has 1 N–H and O–H groups in total. The van der Waals surface area contributed by atoms with Crippen LogP contribution in [0.25, 0.3) is 0 Å². The van der Waals surface area contributed by atoms with Crippen molar-refractivity contribution < 1.29 is 23.8 Å². The highest BCUT2D eigenvalue weighted by molar-refractivity contribution is 9.09. The van der Waals surface area contributed by atoms with Gasteiger partial charge in [-0.05, 0) is 48.2 Å². The number of methoxy groups -OCH3 is 1. The van der Waals surface area contributed by atoms with E-state index in [-0.39, 0.29) is 34.4 Å². The van der Waals surface area contributed by atoms with Gasteiger partial charge in [-0.3, -0.25) is 0 Å². The second kappa shape index (κ2) is 5.78. The molecule has 26 heavy (non-hydrogen) atoms. The average Bonchev–Trinajstić information content (AvgIpc) is 3.14. The summed E-state index contributed by atoms with van der Waals surface area (Å²) >= 11 is 3.86. The SMILES string of the molecule is COC(=O)[C@]1(O)C[C@H](O[Si](C)(C)C(C)(C)C)C2C3[C@@H]4C[C@H]2[C@@H](Br)[C@H]4O[C@@H]31. The lowest BCUT2D eigenvalue weighted by atomic mass is 9.64. The Bertz CT molecular complexity index is 620. The van der Waals surface area contributed by atoms with E-state index < -0.39 is 26.0 Å². The Morgan fingerprint density at radius 2 is 1.92 bits per heavy atom. The summed E-state index contributed by atoms with van der Waals surface area (Å²) in [5, 5.41) is 11.5. The van der Waals surface area contributed by atoms with Gasteiger partial charge in [0.1, 0.15) is 6.10 Å². The second-order valence-corrected chi connectivity index (χ2v) is 16.0. The van der Waals surface area contributed by atoms with E-state index in [1.54, 1.807) is 0 Å². The van der Waals surface area contributed by atoms with Crippen LogP contribution in [0.2, 0.25) is 18.1 Å². The summed E-state index contributed by atoms with van der Waals surface area (Å²) in [6.45, 7) is 11.1. The fourth-order valence-corrected chi connectivity index (χ4v) is 8.24. The molecule has 148 valence electrons. The van der Waals surface area contributed by atoms with Gasteiger partial charge >= 0.3 is 5.97 Å². The van der Waals surface area contributed by atoms with Crippen molar-refractivity contribution in [2.75, 3.05) is 7.11 Å². The molecule has 1 heterocycles.